The highest BCUT2D eigenvalue weighted by Gasteiger charge is 2.38. The first-order chi connectivity index (χ1) is 9.77. The van der Waals surface area contributed by atoms with Gasteiger partial charge in [0.2, 0.25) is 4.96 Å². The largest absolute Gasteiger partial charge is 0.453 e. The number of hydrogen-bond acceptors (Lipinski definition) is 5. The molecule has 0 aliphatic rings. The maximum atomic E-state index is 12.8. The van der Waals surface area contributed by atoms with Crippen molar-refractivity contribution in [2.75, 3.05) is 5.73 Å². The van der Waals surface area contributed by atoms with E-state index in [0.29, 0.717) is 16.3 Å². The molecule has 3 aromatic rings. The fourth-order valence-corrected chi connectivity index (χ4v) is 2.92. The molecular weight excluding hydrogens is 303 g/mol. The van der Waals surface area contributed by atoms with E-state index in [-0.39, 0.29) is 4.96 Å². The number of rotatable bonds is 1. The summed E-state index contributed by atoms with van der Waals surface area (Å²) in [5.41, 5.74) is 8.91. The van der Waals surface area contributed by atoms with Gasteiger partial charge in [0.1, 0.15) is 5.01 Å². The van der Waals surface area contributed by atoms with E-state index in [1.807, 2.05) is 13.8 Å². The standard InChI is InChI=1S/C12H10F3N5S/c1-5-3-7(16)4-8(6(5)2)9-19-20-10(12(13,14)15)17-18-11(20)21-9/h3-4H,16H2,1-2H3. The van der Waals surface area contributed by atoms with Crippen LogP contribution in [0, 0.1) is 13.8 Å². The summed E-state index contributed by atoms with van der Waals surface area (Å²) in [6.45, 7) is 3.76. The van der Waals surface area contributed by atoms with E-state index < -0.39 is 12.0 Å². The number of benzene rings is 1. The Labute approximate surface area is 121 Å². The van der Waals surface area contributed by atoms with E-state index >= 15 is 0 Å². The van der Waals surface area contributed by atoms with Crippen LogP contribution in [0.25, 0.3) is 15.5 Å². The highest BCUT2D eigenvalue weighted by molar-refractivity contribution is 7.19. The number of hydrogen-bond donors (Lipinski definition) is 1. The number of anilines is 1. The Morgan fingerprint density at radius 1 is 1.19 bits per heavy atom. The molecule has 110 valence electrons. The topological polar surface area (TPSA) is 69.1 Å². The molecule has 21 heavy (non-hydrogen) atoms. The summed E-state index contributed by atoms with van der Waals surface area (Å²) in [6, 6.07) is 3.50. The van der Waals surface area contributed by atoms with Crippen LogP contribution in [-0.2, 0) is 6.18 Å². The molecule has 0 saturated carbocycles. The lowest BCUT2D eigenvalue weighted by atomic mass is 10.0. The third-order valence-corrected chi connectivity index (χ3v) is 4.10. The molecule has 0 radical (unpaired) electrons. The zero-order chi connectivity index (χ0) is 15.4. The second-order valence-corrected chi connectivity index (χ2v) is 5.59. The number of nitrogen functional groups attached to an aromatic ring is 1. The lowest BCUT2D eigenvalue weighted by molar-refractivity contribution is -0.146. The summed E-state index contributed by atoms with van der Waals surface area (Å²) in [5, 5.41) is 11.1. The van der Waals surface area contributed by atoms with Gasteiger partial charge in [-0.3, -0.25) is 0 Å². The van der Waals surface area contributed by atoms with Gasteiger partial charge in [0.25, 0.3) is 5.82 Å². The minimum Gasteiger partial charge on any atom is -0.399 e. The first-order valence-corrected chi connectivity index (χ1v) is 6.75. The molecular formula is C12H10F3N5S. The van der Waals surface area contributed by atoms with E-state index in [1.165, 1.54) is 0 Å². The molecule has 0 spiro atoms. The normalized spacial score (nSPS) is 12.2. The molecule has 3 rings (SSSR count). The van der Waals surface area contributed by atoms with Crippen molar-refractivity contribution in [1.29, 1.82) is 0 Å². The Balaban J connectivity index is 2.21. The maximum absolute atomic E-state index is 12.8. The van der Waals surface area contributed by atoms with Gasteiger partial charge in [0.15, 0.2) is 0 Å². The van der Waals surface area contributed by atoms with E-state index in [0.717, 1.165) is 27.0 Å². The van der Waals surface area contributed by atoms with Gasteiger partial charge in [-0.25, -0.2) is 0 Å². The fraction of sp³-hybridized carbons (Fsp3) is 0.250. The van der Waals surface area contributed by atoms with Crippen LogP contribution in [0.1, 0.15) is 17.0 Å². The zero-order valence-corrected chi connectivity index (χ0v) is 11.9. The van der Waals surface area contributed by atoms with Gasteiger partial charge in [-0.05, 0) is 37.1 Å². The first-order valence-electron chi connectivity index (χ1n) is 5.94. The Hall–Kier alpha value is -2.16. The number of nitrogens with two attached hydrogens (primary N) is 1. The zero-order valence-electron chi connectivity index (χ0n) is 11.1. The quantitative estimate of drug-likeness (QED) is 0.701. The van der Waals surface area contributed by atoms with Crippen LogP contribution >= 0.6 is 11.3 Å². The Morgan fingerprint density at radius 3 is 2.57 bits per heavy atom. The molecule has 2 N–H and O–H groups in total. The Morgan fingerprint density at radius 2 is 1.90 bits per heavy atom. The average molecular weight is 313 g/mol. The number of aryl methyl sites for hydroxylation is 1. The predicted octanol–water partition coefficient (Wildman–Crippen LogP) is 3.07. The lowest BCUT2D eigenvalue weighted by Gasteiger charge is -2.07. The van der Waals surface area contributed by atoms with Crippen molar-refractivity contribution < 1.29 is 13.2 Å². The SMILES string of the molecule is Cc1cc(N)cc(-c2nn3c(C(F)(F)F)nnc3s2)c1C. The number of halogens is 3. The molecule has 0 aliphatic carbocycles. The summed E-state index contributed by atoms with van der Waals surface area (Å²) >= 11 is 1.04. The summed E-state index contributed by atoms with van der Waals surface area (Å²) in [5.74, 6) is -1.13. The molecule has 0 unspecified atom stereocenters. The van der Waals surface area contributed by atoms with Gasteiger partial charge in [0, 0.05) is 11.3 Å². The lowest BCUT2D eigenvalue weighted by Crippen LogP contribution is -2.11. The van der Waals surface area contributed by atoms with Crippen molar-refractivity contribution in [1.82, 2.24) is 19.8 Å². The minimum absolute atomic E-state index is 0.0943. The van der Waals surface area contributed by atoms with Crippen molar-refractivity contribution in [3.8, 4) is 10.6 Å². The highest BCUT2D eigenvalue weighted by atomic mass is 32.1. The van der Waals surface area contributed by atoms with Crippen LogP contribution in [0.15, 0.2) is 12.1 Å². The fourth-order valence-electron chi connectivity index (χ4n) is 2.01. The molecule has 9 heteroatoms. The second kappa shape index (κ2) is 4.42. The molecule has 2 heterocycles. The van der Waals surface area contributed by atoms with Crippen LogP contribution in [0.4, 0.5) is 18.9 Å². The van der Waals surface area contributed by atoms with Crippen LogP contribution < -0.4 is 5.73 Å². The molecule has 0 saturated heterocycles. The number of alkyl halides is 3. The molecule has 0 atom stereocenters. The van der Waals surface area contributed by atoms with Crippen molar-refractivity contribution in [3.63, 3.8) is 0 Å². The van der Waals surface area contributed by atoms with Gasteiger partial charge in [0.05, 0.1) is 0 Å². The third kappa shape index (κ3) is 2.23. The minimum atomic E-state index is -4.59. The van der Waals surface area contributed by atoms with Crippen LogP contribution in [0.3, 0.4) is 0 Å². The van der Waals surface area contributed by atoms with E-state index in [1.54, 1.807) is 12.1 Å². The summed E-state index contributed by atoms with van der Waals surface area (Å²) in [4.78, 5) is 0.0943. The monoisotopic (exact) mass is 313 g/mol. The van der Waals surface area contributed by atoms with Crippen molar-refractivity contribution in [3.05, 3.63) is 29.1 Å². The van der Waals surface area contributed by atoms with Gasteiger partial charge in [-0.1, -0.05) is 11.3 Å². The first kappa shape index (κ1) is 13.8. The maximum Gasteiger partial charge on any atom is 0.453 e. The molecule has 0 fully saturated rings. The summed E-state index contributed by atoms with van der Waals surface area (Å²) in [6.07, 6.45) is -4.59. The van der Waals surface area contributed by atoms with Crippen LogP contribution in [0.5, 0.6) is 0 Å². The van der Waals surface area contributed by atoms with Crippen molar-refractivity contribution in [2.24, 2.45) is 0 Å². The molecule has 1 aromatic carbocycles. The van der Waals surface area contributed by atoms with E-state index in [4.69, 9.17) is 5.73 Å². The Kier molecular flexibility index (Phi) is 2.90. The molecule has 0 amide bonds. The van der Waals surface area contributed by atoms with Gasteiger partial charge in [-0.15, -0.1) is 10.2 Å². The van der Waals surface area contributed by atoms with Gasteiger partial charge in [-0.2, -0.15) is 22.8 Å². The van der Waals surface area contributed by atoms with E-state index in [9.17, 15) is 13.2 Å². The number of aromatic nitrogens is 4. The third-order valence-electron chi connectivity index (χ3n) is 3.16. The Bertz CT molecular complexity index is 833. The van der Waals surface area contributed by atoms with E-state index in [2.05, 4.69) is 15.3 Å². The molecule has 2 aromatic heterocycles. The predicted molar refractivity (Wildman–Crippen MR) is 73.0 cm³/mol. The van der Waals surface area contributed by atoms with Crippen LogP contribution in [0.2, 0.25) is 0 Å². The number of nitrogens with zero attached hydrogens (tertiary/aromatic N) is 4. The van der Waals surface area contributed by atoms with Crippen molar-refractivity contribution >= 4 is 22.0 Å². The average Bonchev–Trinajstić information content (AvgIpc) is 2.91. The highest BCUT2D eigenvalue weighted by Crippen LogP contribution is 2.34. The van der Waals surface area contributed by atoms with Gasteiger partial charge < -0.3 is 5.73 Å². The molecule has 5 nitrogen and oxygen atoms in total. The van der Waals surface area contributed by atoms with Gasteiger partial charge >= 0.3 is 6.18 Å². The molecule has 0 aliphatic heterocycles. The number of fused-ring (bicyclic) bond motifs is 1. The van der Waals surface area contributed by atoms with Crippen molar-refractivity contribution in [2.45, 2.75) is 20.0 Å². The summed E-state index contributed by atoms with van der Waals surface area (Å²) in [7, 11) is 0. The summed E-state index contributed by atoms with van der Waals surface area (Å²) < 4.78 is 39.1. The molecule has 0 bridgehead atoms. The smallest absolute Gasteiger partial charge is 0.399 e. The second-order valence-electron chi connectivity index (χ2n) is 4.63. The van der Waals surface area contributed by atoms with Crippen LogP contribution in [-0.4, -0.2) is 19.8 Å².